The third-order valence-corrected chi connectivity index (χ3v) is 11.3. The third kappa shape index (κ3) is 13.6. The largest absolute Gasteiger partial charge is 0.468 e. The normalized spacial score (nSPS) is 15.0. The summed E-state index contributed by atoms with van der Waals surface area (Å²) in [5, 5.41) is 4.66. The second-order valence-electron chi connectivity index (χ2n) is 14.3. The van der Waals surface area contributed by atoms with Crippen LogP contribution in [0.3, 0.4) is 0 Å². The first-order chi connectivity index (χ1) is 25.9. The fraction of sp³-hybridized carbons (Fsp3) is 0.556. The van der Waals surface area contributed by atoms with Crippen LogP contribution in [-0.4, -0.2) is 43.2 Å². The predicted octanol–water partition coefficient (Wildman–Crippen LogP) is 11.1. The van der Waals surface area contributed by atoms with Crippen molar-refractivity contribution < 1.29 is 23.9 Å². The minimum absolute atomic E-state index is 0.253. The van der Waals surface area contributed by atoms with E-state index in [2.05, 4.69) is 69.4 Å². The molecule has 0 radical (unpaired) electrons. The molecule has 53 heavy (non-hydrogen) atoms. The third-order valence-electron chi connectivity index (χ3n) is 10.3. The number of aryl methyl sites for hydroxylation is 3. The van der Waals surface area contributed by atoms with Gasteiger partial charge in [-0.2, -0.15) is 0 Å². The van der Waals surface area contributed by atoms with E-state index in [1.807, 2.05) is 13.7 Å². The molecule has 8 heteroatoms. The van der Waals surface area contributed by atoms with Gasteiger partial charge in [-0.15, -0.1) is 11.8 Å². The summed E-state index contributed by atoms with van der Waals surface area (Å²) >= 11 is 1.68. The quantitative estimate of drug-likeness (QED) is 0.0688. The maximum Gasteiger partial charge on any atom is 0.336 e. The minimum Gasteiger partial charge on any atom is -0.468 e. The van der Waals surface area contributed by atoms with E-state index in [4.69, 9.17) is 19.3 Å². The zero-order valence-corrected chi connectivity index (χ0v) is 34.0. The number of benzene rings is 2. The number of fused-ring (bicyclic) bond motifs is 1. The number of hydrogen-bond acceptors (Lipinski definition) is 8. The van der Waals surface area contributed by atoms with E-state index in [9.17, 15) is 9.59 Å². The Bertz CT molecular complexity index is 1560. The van der Waals surface area contributed by atoms with Crippen molar-refractivity contribution in [2.45, 2.75) is 143 Å². The number of esters is 1. The summed E-state index contributed by atoms with van der Waals surface area (Å²) in [6.07, 6.45) is 19.5. The maximum atomic E-state index is 14.0. The van der Waals surface area contributed by atoms with Gasteiger partial charge in [-0.3, -0.25) is 4.79 Å². The van der Waals surface area contributed by atoms with E-state index in [0.29, 0.717) is 30.8 Å². The SMILES string of the molecule is C=O.CCCCCCCCCCCCCCCc1cccc(C)c1C1C(CCOC=O)=C(C)NC(CSC2=Nc3cc(C)ccc3C2)=C1C(=O)OCC. The number of nitrogens with one attached hydrogen (secondary N) is 1. The number of carbonyl (C=O) groups excluding carboxylic acids is 3. The van der Waals surface area contributed by atoms with Gasteiger partial charge in [0.2, 0.25) is 0 Å². The smallest absolute Gasteiger partial charge is 0.336 e. The van der Waals surface area contributed by atoms with Crippen LogP contribution < -0.4 is 5.32 Å². The van der Waals surface area contributed by atoms with Crippen LogP contribution in [0.2, 0.25) is 0 Å². The molecule has 0 fully saturated rings. The van der Waals surface area contributed by atoms with Crippen LogP contribution >= 0.6 is 11.8 Å². The van der Waals surface area contributed by atoms with Gasteiger partial charge in [0.05, 0.1) is 29.5 Å². The molecule has 290 valence electrons. The van der Waals surface area contributed by atoms with Gasteiger partial charge in [0, 0.05) is 35.9 Å². The molecule has 0 bridgehead atoms. The van der Waals surface area contributed by atoms with Crippen molar-refractivity contribution in [2.24, 2.45) is 4.99 Å². The number of allylic oxidation sites excluding steroid dienone is 1. The predicted molar refractivity (Wildman–Crippen MR) is 221 cm³/mol. The zero-order valence-electron chi connectivity index (χ0n) is 33.2. The first-order valence-corrected chi connectivity index (χ1v) is 21.0. The second-order valence-corrected chi connectivity index (χ2v) is 15.3. The number of hydrogen-bond donors (Lipinski definition) is 1. The number of thioether (sulfide) groups is 1. The van der Waals surface area contributed by atoms with Gasteiger partial charge in [0.1, 0.15) is 6.79 Å². The lowest BCUT2D eigenvalue weighted by atomic mass is 9.75. The van der Waals surface area contributed by atoms with Gasteiger partial charge in [-0.25, -0.2) is 9.79 Å². The number of carbonyl (C=O) groups is 3. The second kappa shape index (κ2) is 24.6. The van der Waals surface area contributed by atoms with Crippen molar-refractivity contribution >= 4 is 41.7 Å². The summed E-state index contributed by atoms with van der Waals surface area (Å²) in [6.45, 7) is 13.5. The first kappa shape index (κ1) is 43.8. The summed E-state index contributed by atoms with van der Waals surface area (Å²) in [5.41, 5.74) is 10.7. The van der Waals surface area contributed by atoms with Crippen LogP contribution in [0.15, 0.2) is 63.9 Å². The van der Waals surface area contributed by atoms with E-state index >= 15 is 0 Å². The first-order valence-electron chi connectivity index (χ1n) is 20.0. The molecule has 0 spiro atoms. The lowest BCUT2D eigenvalue weighted by Crippen LogP contribution is -2.32. The number of dihydropyridines is 1. The summed E-state index contributed by atoms with van der Waals surface area (Å²) in [6, 6.07) is 13.0. The van der Waals surface area contributed by atoms with Crippen molar-refractivity contribution in [3.8, 4) is 0 Å². The van der Waals surface area contributed by atoms with Crippen molar-refractivity contribution in [2.75, 3.05) is 19.0 Å². The number of nitrogens with zero attached hydrogens (tertiary/aromatic N) is 1. The van der Waals surface area contributed by atoms with Crippen LogP contribution in [0.5, 0.6) is 0 Å². The van der Waals surface area contributed by atoms with E-state index in [0.717, 1.165) is 52.5 Å². The highest BCUT2D eigenvalue weighted by Crippen LogP contribution is 2.44. The number of rotatable bonds is 23. The van der Waals surface area contributed by atoms with Crippen molar-refractivity contribution in [3.63, 3.8) is 0 Å². The van der Waals surface area contributed by atoms with Crippen LogP contribution in [0.4, 0.5) is 5.69 Å². The Kier molecular flexibility index (Phi) is 20.3. The number of ether oxygens (including phenoxy) is 2. The molecule has 0 saturated carbocycles. The van der Waals surface area contributed by atoms with Crippen molar-refractivity contribution in [3.05, 3.63) is 86.8 Å². The highest BCUT2D eigenvalue weighted by Gasteiger charge is 2.37. The van der Waals surface area contributed by atoms with Crippen LogP contribution in [-0.2, 0) is 36.7 Å². The van der Waals surface area contributed by atoms with Crippen molar-refractivity contribution in [1.82, 2.24) is 5.32 Å². The molecule has 1 N–H and O–H groups in total. The number of unbranched alkanes of at least 4 members (excludes halogenated alkanes) is 12. The van der Waals surface area contributed by atoms with Gasteiger partial charge < -0.3 is 19.6 Å². The van der Waals surface area contributed by atoms with Crippen LogP contribution in [0.1, 0.15) is 144 Å². The lowest BCUT2D eigenvalue weighted by molar-refractivity contribution is -0.139. The summed E-state index contributed by atoms with van der Waals surface area (Å²) in [5.74, 6) is -0.0135. The Morgan fingerprint density at radius 1 is 0.906 bits per heavy atom. The molecule has 2 aromatic carbocycles. The maximum absolute atomic E-state index is 14.0. The molecule has 4 rings (SSSR count). The van der Waals surface area contributed by atoms with Gasteiger partial charge in [0.15, 0.2) is 0 Å². The molecular weight excluding hydrogens is 681 g/mol. The summed E-state index contributed by atoms with van der Waals surface area (Å²) in [4.78, 5) is 38.1. The highest BCUT2D eigenvalue weighted by molar-refractivity contribution is 8.14. The fourth-order valence-electron chi connectivity index (χ4n) is 7.58. The molecule has 0 amide bonds. The molecule has 0 saturated heterocycles. The molecule has 7 nitrogen and oxygen atoms in total. The standard InChI is InChI=1S/C44H62N2O4S.CH2O/c1-6-8-9-10-11-12-13-14-15-16-17-18-19-22-35-23-20-21-33(4)41(35)42-37(26-27-49-31-47)34(5)45-39(43(42)44(48)50-7-2)30-51-40-29-36-25-24-32(3)28-38(36)46-40;1-2/h20-21,23-25,28,31,42,45H,6-19,22,26-27,29-30H2,1-5H3;1H2. The number of aliphatic imine (C=N–C) groups is 1. The van der Waals surface area contributed by atoms with Crippen LogP contribution in [0, 0.1) is 13.8 Å². The molecule has 2 aliphatic rings. The summed E-state index contributed by atoms with van der Waals surface area (Å²) < 4.78 is 11.0. The molecule has 2 aromatic rings. The van der Waals surface area contributed by atoms with Gasteiger partial charge in [-0.05, 0) is 80.0 Å². The van der Waals surface area contributed by atoms with Crippen molar-refractivity contribution in [1.29, 1.82) is 0 Å². The van der Waals surface area contributed by atoms with Gasteiger partial charge in [0.25, 0.3) is 6.47 Å². The highest BCUT2D eigenvalue weighted by atomic mass is 32.2. The van der Waals surface area contributed by atoms with E-state index in [-0.39, 0.29) is 18.5 Å². The monoisotopic (exact) mass is 744 g/mol. The topological polar surface area (TPSA) is 94.1 Å². The molecular formula is C45H64N2O5S. The lowest BCUT2D eigenvalue weighted by Gasteiger charge is -2.34. The molecule has 1 unspecified atom stereocenters. The molecule has 0 aromatic heterocycles. The molecule has 0 aliphatic carbocycles. The average Bonchev–Trinajstić information content (AvgIpc) is 3.56. The minimum atomic E-state index is -0.297. The van der Waals surface area contributed by atoms with E-state index in [1.165, 1.54) is 99.3 Å². The Balaban J connectivity index is 0.00000372. The Morgan fingerprint density at radius 2 is 1.57 bits per heavy atom. The molecule has 2 heterocycles. The fourth-order valence-corrected chi connectivity index (χ4v) is 8.54. The Morgan fingerprint density at radius 3 is 2.21 bits per heavy atom. The zero-order chi connectivity index (χ0) is 38.4. The molecule has 1 atom stereocenters. The van der Waals surface area contributed by atoms with Crippen LogP contribution in [0.25, 0.3) is 0 Å². The van der Waals surface area contributed by atoms with E-state index < -0.39 is 0 Å². The molecule has 2 aliphatic heterocycles. The van der Waals surface area contributed by atoms with Gasteiger partial charge in [-0.1, -0.05) is 114 Å². The van der Waals surface area contributed by atoms with E-state index in [1.54, 1.807) is 11.8 Å². The Labute approximate surface area is 323 Å². The van der Waals surface area contributed by atoms with Gasteiger partial charge >= 0.3 is 5.97 Å². The average molecular weight is 745 g/mol. The Hall–Kier alpha value is -3.65. The summed E-state index contributed by atoms with van der Waals surface area (Å²) in [7, 11) is 0.